The number of aromatic nitrogens is 5. The lowest BCUT2D eigenvalue weighted by Crippen LogP contribution is -1.99. The zero-order valence-electron chi connectivity index (χ0n) is 33.9. The molecule has 0 radical (unpaired) electrons. The van der Waals surface area contributed by atoms with Gasteiger partial charge in [0.25, 0.3) is 0 Å². The van der Waals surface area contributed by atoms with Crippen molar-refractivity contribution in [3.8, 4) is 56.7 Å². The summed E-state index contributed by atoms with van der Waals surface area (Å²) in [5.41, 5.74) is 12.3. The summed E-state index contributed by atoms with van der Waals surface area (Å²) in [6.45, 7) is 0. The molecule has 0 spiro atoms. The molecule has 9 aromatic carbocycles. The van der Waals surface area contributed by atoms with E-state index in [1.165, 1.54) is 74.9 Å². The smallest absolute Gasteiger partial charge is 0.164 e. The van der Waals surface area contributed by atoms with Gasteiger partial charge in [-0.25, -0.2) is 15.0 Å². The molecule has 0 aliphatic rings. The molecule has 5 nitrogen and oxygen atoms in total. The Balaban J connectivity index is 0.925. The van der Waals surface area contributed by atoms with E-state index in [9.17, 15) is 0 Å². The Kier molecular flexibility index (Phi) is 8.01. The molecule has 0 aliphatic heterocycles. The number of rotatable bonds is 6. The second-order valence-corrected chi connectivity index (χ2v) is 17.1. The zero-order chi connectivity index (χ0) is 41.4. The molecule has 0 N–H and O–H groups in total. The molecule has 4 aromatic heterocycles. The highest BCUT2D eigenvalue weighted by atomic mass is 32.1. The first-order valence-electron chi connectivity index (χ1n) is 21.2. The Morgan fingerprint density at radius 3 is 1.32 bits per heavy atom. The summed E-state index contributed by atoms with van der Waals surface area (Å²) in [5, 5.41) is 7.47. The first-order valence-corrected chi connectivity index (χ1v) is 22.0. The molecular formula is C57H35N5S. The number of thiophene rings is 1. The van der Waals surface area contributed by atoms with Gasteiger partial charge in [-0.15, -0.1) is 11.3 Å². The van der Waals surface area contributed by atoms with Gasteiger partial charge in [0.05, 0.1) is 22.1 Å². The van der Waals surface area contributed by atoms with Crippen LogP contribution in [0.15, 0.2) is 212 Å². The van der Waals surface area contributed by atoms with Gasteiger partial charge in [-0.1, -0.05) is 152 Å². The average Bonchev–Trinajstić information content (AvgIpc) is 4.00. The lowest BCUT2D eigenvalue weighted by Gasteiger charge is -2.12. The van der Waals surface area contributed by atoms with E-state index in [-0.39, 0.29) is 0 Å². The van der Waals surface area contributed by atoms with E-state index in [1.807, 2.05) is 72.0 Å². The third kappa shape index (κ3) is 5.80. The van der Waals surface area contributed by atoms with Crippen LogP contribution in [0, 0.1) is 0 Å². The third-order valence-electron chi connectivity index (χ3n) is 12.3. The summed E-state index contributed by atoms with van der Waals surface area (Å²) in [4.78, 5) is 14.9. The molecule has 13 rings (SSSR count). The van der Waals surface area contributed by atoms with Crippen molar-refractivity contribution < 1.29 is 0 Å². The minimum Gasteiger partial charge on any atom is -0.309 e. The molecule has 0 bridgehead atoms. The van der Waals surface area contributed by atoms with Gasteiger partial charge in [0.2, 0.25) is 0 Å². The Hall–Kier alpha value is -8.19. The van der Waals surface area contributed by atoms with E-state index in [4.69, 9.17) is 15.0 Å². The number of hydrogen-bond acceptors (Lipinski definition) is 4. The zero-order valence-corrected chi connectivity index (χ0v) is 34.7. The molecule has 294 valence electrons. The molecule has 0 amide bonds. The summed E-state index contributed by atoms with van der Waals surface area (Å²) in [6.07, 6.45) is 0. The quantitative estimate of drug-likeness (QED) is 0.168. The van der Waals surface area contributed by atoms with E-state index < -0.39 is 0 Å². The van der Waals surface area contributed by atoms with Crippen molar-refractivity contribution >= 4 is 75.1 Å². The number of nitrogens with zero attached hydrogens (tertiary/aromatic N) is 5. The SMILES string of the molecule is c1ccc(-c2nc(-c3ccccc3)nc(-c3ccc4c(c3)sc3cc(-c5cccc(-n6c7ccccc7c7cc8c9ccccc9n(-c9ccccc9)c8cc76)c5)ccc34)n2)cc1. The van der Waals surface area contributed by atoms with Crippen LogP contribution in [-0.4, -0.2) is 24.1 Å². The largest absolute Gasteiger partial charge is 0.309 e. The first kappa shape index (κ1) is 35.6. The van der Waals surface area contributed by atoms with Crippen molar-refractivity contribution in [3.05, 3.63) is 212 Å². The van der Waals surface area contributed by atoms with E-state index in [2.05, 4.69) is 161 Å². The van der Waals surface area contributed by atoms with Crippen LogP contribution in [0.25, 0.3) is 120 Å². The molecule has 0 atom stereocenters. The van der Waals surface area contributed by atoms with Gasteiger partial charge < -0.3 is 9.13 Å². The van der Waals surface area contributed by atoms with Gasteiger partial charge in [0, 0.05) is 69.8 Å². The average molecular weight is 822 g/mol. The molecular weight excluding hydrogens is 787 g/mol. The molecule has 0 unspecified atom stereocenters. The van der Waals surface area contributed by atoms with Crippen LogP contribution in [0.2, 0.25) is 0 Å². The molecule has 0 aliphatic carbocycles. The van der Waals surface area contributed by atoms with Crippen molar-refractivity contribution in [2.24, 2.45) is 0 Å². The van der Waals surface area contributed by atoms with Gasteiger partial charge in [0.1, 0.15) is 0 Å². The van der Waals surface area contributed by atoms with Crippen molar-refractivity contribution in [1.29, 1.82) is 0 Å². The fourth-order valence-electron chi connectivity index (χ4n) is 9.42. The molecule has 63 heavy (non-hydrogen) atoms. The number of benzene rings is 9. The fourth-order valence-corrected chi connectivity index (χ4v) is 10.6. The van der Waals surface area contributed by atoms with Crippen molar-refractivity contribution in [3.63, 3.8) is 0 Å². The predicted molar refractivity (Wildman–Crippen MR) is 263 cm³/mol. The Morgan fingerprint density at radius 2 is 0.714 bits per heavy atom. The summed E-state index contributed by atoms with van der Waals surface area (Å²) < 4.78 is 7.28. The topological polar surface area (TPSA) is 48.5 Å². The van der Waals surface area contributed by atoms with E-state index in [0.717, 1.165) is 28.1 Å². The van der Waals surface area contributed by atoms with Crippen LogP contribution in [0.5, 0.6) is 0 Å². The summed E-state index contributed by atoms with van der Waals surface area (Å²) in [5.74, 6) is 1.98. The van der Waals surface area contributed by atoms with Gasteiger partial charge in [0.15, 0.2) is 17.5 Å². The maximum Gasteiger partial charge on any atom is 0.164 e. The number of para-hydroxylation sites is 3. The highest BCUT2D eigenvalue weighted by Gasteiger charge is 2.19. The van der Waals surface area contributed by atoms with Crippen molar-refractivity contribution in [2.75, 3.05) is 0 Å². The minimum absolute atomic E-state index is 0.659. The maximum absolute atomic E-state index is 5.00. The van der Waals surface area contributed by atoms with Crippen molar-refractivity contribution in [1.82, 2.24) is 24.1 Å². The normalized spacial score (nSPS) is 11.8. The first-order chi connectivity index (χ1) is 31.2. The third-order valence-corrected chi connectivity index (χ3v) is 13.5. The minimum atomic E-state index is 0.659. The molecule has 0 saturated carbocycles. The van der Waals surface area contributed by atoms with Crippen LogP contribution in [0.3, 0.4) is 0 Å². The second kappa shape index (κ2) is 14.2. The summed E-state index contributed by atoms with van der Waals surface area (Å²) in [6, 6.07) is 75.8. The Labute approximate surface area is 366 Å². The van der Waals surface area contributed by atoms with Crippen LogP contribution < -0.4 is 0 Å². The maximum atomic E-state index is 5.00. The van der Waals surface area contributed by atoms with Crippen LogP contribution in [0.4, 0.5) is 0 Å². The van der Waals surface area contributed by atoms with Gasteiger partial charge in [-0.2, -0.15) is 0 Å². The van der Waals surface area contributed by atoms with Crippen LogP contribution >= 0.6 is 11.3 Å². The molecule has 0 fully saturated rings. The number of hydrogen-bond donors (Lipinski definition) is 0. The fraction of sp³-hybridized carbons (Fsp3) is 0. The number of fused-ring (bicyclic) bond motifs is 9. The Bertz CT molecular complexity index is 3850. The van der Waals surface area contributed by atoms with E-state index in [0.29, 0.717) is 17.5 Å². The standard InChI is InChI=1S/C57H35N5S/c1-4-15-36(16-5-1)55-58-56(37-17-6-2-7-18-37)60-57(59-55)40-28-30-46-45-29-27-39(32-53(45)63-54(46)33-40)38-19-14-22-42(31-38)62-50-26-13-11-24-44(50)48-34-47-43-23-10-12-25-49(43)61(51(47)35-52(48)62)41-20-8-3-9-21-41/h1-35H. The second-order valence-electron chi connectivity index (χ2n) is 16.0. The molecule has 0 saturated heterocycles. The highest BCUT2D eigenvalue weighted by molar-refractivity contribution is 7.25. The highest BCUT2D eigenvalue weighted by Crippen LogP contribution is 2.42. The van der Waals surface area contributed by atoms with Crippen LogP contribution in [0.1, 0.15) is 0 Å². The monoisotopic (exact) mass is 821 g/mol. The van der Waals surface area contributed by atoms with Gasteiger partial charge in [-0.3, -0.25) is 0 Å². The summed E-state index contributed by atoms with van der Waals surface area (Å²) >= 11 is 1.81. The lowest BCUT2D eigenvalue weighted by atomic mass is 10.0. The van der Waals surface area contributed by atoms with Crippen molar-refractivity contribution in [2.45, 2.75) is 0 Å². The summed E-state index contributed by atoms with van der Waals surface area (Å²) in [7, 11) is 0. The molecule has 6 heteroatoms. The Morgan fingerprint density at radius 1 is 0.270 bits per heavy atom. The van der Waals surface area contributed by atoms with Gasteiger partial charge >= 0.3 is 0 Å². The lowest BCUT2D eigenvalue weighted by molar-refractivity contribution is 1.07. The van der Waals surface area contributed by atoms with E-state index >= 15 is 0 Å². The molecule has 13 aromatic rings. The predicted octanol–water partition coefficient (Wildman–Crippen LogP) is 15.1. The molecule has 4 heterocycles. The van der Waals surface area contributed by atoms with E-state index in [1.54, 1.807) is 0 Å². The van der Waals surface area contributed by atoms with Crippen LogP contribution in [-0.2, 0) is 0 Å². The van der Waals surface area contributed by atoms with Gasteiger partial charge in [-0.05, 0) is 71.8 Å².